The summed E-state index contributed by atoms with van der Waals surface area (Å²) in [6.45, 7) is 3.58. The highest BCUT2D eigenvalue weighted by atomic mass is 35.5. The monoisotopic (exact) mass is 254 g/mol. The molecule has 1 atom stereocenters. The highest BCUT2D eigenvalue weighted by Crippen LogP contribution is 2.23. The smallest absolute Gasteiger partial charge is 0.259 e. The minimum Gasteiger partial charge on any atom is -0.493 e. The van der Waals surface area contributed by atoms with Crippen LogP contribution >= 0.6 is 11.6 Å². The highest BCUT2D eigenvalue weighted by molar-refractivity contribution is 6.30. The Kier molecular flexibility index (Phi) is 3.52. The molecule has 1 N–H and O–H groups in total. The maximum absolute atomic E-state index is 12.2. The largest absolute Gasteiger partial charge is 0.493 e. The number of aromatic nitrogens is 1. The normalized spacial score (nSPS) is 20.4. The Morgan fingerprint density at radius 2 is 2.41 bits per heavy atom. The number of pyridine rings is 1. The molecule has 1 unspecified atom stereocenters. The van der Waals surface area contributed by atoms with E-state index < -0.39 is 0 Å². The Balaban J connectivity index is 2.21. The molecule has 0 aromatic carbocycles. The number of amides is 1. The molecule has 0 saturated carbocycles. The van der Waals surface area contributed by atoms with E-state index in [0.717, 1.165) is 25.9 Å². The van der Waals surface area contributed by atoms with Crippen LogP contribution < -0.4 is 0 Å². The maximum Gasteiger partial charge on any atom is 0.259 e. The third-order valence-electron chi connectivity index (χ3n) is 3.01. The number of rotatable bonds is 1. The van der Waals surface area contributed by atoms with Gasteiger partial charge in [0.15, 0.2) is 0 Å². The Hall–Kier alpha value is -1.29. The quantitative estimate of drug-likeness (QED) is 0.837. The molecule has 0 aliphatic carbocycles. The topological polar surface area (TPSA) is 53.4 Å². The molecule has 1 saturated heterocycles. The lowest BCUT2D eigenvalue weighted by Crippen LogP contribution is -2.39. The lowest BCUT2D eigenvalue weighted by molar-refractivity contribution is 0.0679. The zero-order valence-corrected chi connectivity index (χ0v) is 10.4. The zero-order chi connectivity index (χ0) is 12.4. The van der Waals surface area contributed by atoms with Crippen LogP contribution in [0.25, 0.3) is 0 Å². The van der Waals surface area contributed by atoms with Crippen molar-refractivity contribution >= 4 is 17.5 Å². The van der Waals surface area contributed by atoms with E-state index in [4.69, 9.17) is 11.6 Å². The Morgan fingerprint density at radius 1 is 1.65 bits per heavy atom. The molecule has 1 aromatic heterocycles. The summed E-state index contributed by atoms with van der Waals surface area (Å²) in [5.41, 5.74) is 0.187. The number of carbonyl (C=O) groups is 1. The molecule has 1 amide bonds. The number of carbonyl (C=O) groups excluding carboxylic acids is 1. The second-order valence-electron chi connectivity index (χ2n) is 4.52. The molecule has 2 heterocycles. The van der Waals surface area contributed by atoms with Crippen LogP contribution in [0, 0.1) is 5.92 Å². The maximum atomic E-state index is 12.2. The van der Waals surface area contributed by atoms with E-state index in [1.54, 1.807) is 4.90 Å². The van der Waals surface area contributed by atoms with E-state index in [1.807, 2.05) is 0 Å². The van der Waals surface area contributed by atoms with Crippen LogP contribution in [0.4, 0.5) is 0 Å². The molecule has 1 aliphatic heterocycles. The second-order valence-corrected chi connectivity index (χ2v) is 4.96. The van der Waals surface area contributed by atoms with Gasteiger partial charge in [0, 0.05) is 19.3 Å². The van der Waals surface area contributed by atoms with Crippen molar-refractivity contribution in [2.24, 2.45) is 5.92 Å². The number of hydrogen-bond donors (Lipinski definition) is 1. The predicted octanol–water partition coefficient (Wildman–Crippen LogP) is 2.31. The molecular weight excluding hydrogens is 240 g/mol. The van der Waals surface area contributed by atoms with Crippen molar-refractivity contribution in [2.75, 3.05) is 13.1 Å². The molecule has 0 bridgehead atoms. The average molecular weight is 255 g/mol. The van der Waals surface area contributed by atoms with Crippen molar-refractivity contribution in [1.29, 1.82) is 0 Å². The molecule has 17 heavy (non-hydrogen) atoms. The van der Waals surface area contributed by atoms with Crippen LogP contribution in [-0.4, -0.2) is 34.0 Å². The number of halogens is 1. The minimum absolute atomic E-state index is 0.187. The van der Waals surface area contributed by atoms with Crippen molar-refractivity contribution < 1.29 is 9.90 Å². The van der Waals surface area contributed by atoms with Gasteiger partial charge in [-0.1, -0.05) is 18.5 Å². The molecule has 92 valence electrons. The third kappa shape index (κ3) is 2.69. The summed E-state index contributed by atoms with van der Waals surface area (Å²) in [4.78, 5) is 17.6. The fourth-order valence-corrected chi connectivity index (χ4v) is 2.29. The van der Waals surface area contributed by atoms with E-state index >= 15 is 0 Å². The van der Waals surface area contributed by atoms with Crippen LogP contribution in [0.3, 0.4) is 0 Å². The van der Waals surface area contributed by atoms with Crippen LogP contribution in [0.5, 0.6) is 5.88 Å². The third-order valence-corrected chi connectivity index (χ3v) is 3.21. The summed E-state index contributed by atoms with van der Waals surface area (Å²) >= 11 is 5.78. The molecule has 1 fully saturated rings. The van der Waals surface area contributed by atoms with Gasteiger partial charge in [-0.05, 0) is 24.8 Å². The highest BCUT2D eigenvalue weighted by Gasteiger charge is 2.24. The van der Waals surface area contributed by atoms with Gasteiger partial charge in [0.2, 0.25) is 5.88 Å². The average Bonchev–Trinajstić information content (AvgIpc) is 2.31. The van der Waals surface area contributed by atoms with Gasteiger partial charge in [-0.3, -0.25) is 4.79 Å². The van der Waals surface area contributed by atoms with Crippen molar-refractivity contribution in [3.8, 4) is 5.88 Å². The van der Waals surface area contributed by atoms with Gasteiger partial charge in [0.1, 0.15) is 5.56 Å². The number of piperidine rings is 1. The van der Waals surface area contributed by atoms with Crippen LogP contribution in [-0.2, 0) is 0 Å². The van der Waals surface area contributed by atoms with Gasteiger partial charge in [0.05, 0.1) is 5.02 Å². The number of hydrogen-bond acceptors (Lipinski definition) is 3. The summed E-state index contributed by atoms with van der Waals surface area (Å²) < 4.78 is 0. The van der Waals surface area contributed by atoms with Gasteiger partial charge in [-0.15, -0.1) is 0 Å². The summed E-state index contributed by atoms with van der Waals surface area (Å²) in [5.74, 6) is 0.0589. The molecule has 1 aromatic rings. The first-order chi connectivity index (χ1) is 8.08. The Bertz CT molecular complexity index is 437. The van der Waals surface area contributed by atoms with E-state index in [0.29, 0.717) is 10.9 Å². The minimum atomic E-state index is -0.252. The molecule has 0 spiro atoms. The Labute approximate surface area is 105 Å². The lowest BCUT2D eigenvalue weighted by atomic mass is 10.00. The van der Waals surface area contributed by atoms with E-state index in [9.17, 15) is 9.90 Å². The molecule has 2 rings (SSSR count). The van der Waals surface area contributed by atoms with Crippen LogP contribution in [0.1, 0.15) is 30.1 Å². The first-order valence-corrected chi connectivity index (χ1v) is 6.09. The SMILES string of the molecule is CC1CCCN(C(=O)c2cc(Cl)cnc2O)C1. The predicted molar refractivity (Wildman–Crippen MR) is 65.2 cm³/mol. The van der Waals surface area contributed by atoms with Gasteiger partial charge >= 0.3 is 0 Å². The molecule has 5 heteroatoms. The van der Waals surface area contributed by atoms with Gasteiger partial charge < -0.3 is 10.0 Å². The van der Waals surface area contributed by atoms with Crippen molar-refractivity contribution in [3.63, 3.8) is 0 Å². The zero-order valence-electron chi connectivity index (χ0n) is 9.69. The standard InChI is InChI=1S/C12H15ClN2O2/c1-8-3-2-4-15(7-8)12(17)10-5-9(13)6-14-11(10)16/h5-6,8H,2-4,7H2,1H3,(H,14,16). The fraction of sp³-hybridized carbons (Fsp3) is 0.500. The fourth-order valence-electron chi connectivity index (χ4n) is 2.13. The summed E-state index contributed by atoms with van der Waals surface area (Å²) in [6, 6.07) is 1.46. The molecule has 0 radical (unpaired) electrons. The molecule has 1 aliphatic rings. The number of nitrogens with zero attached hydrogens (tertiary/aromatic N) is 2. The van der Waals surface area contributed by atoms with Crippen LogP contribution in [0.15, 0.2) is 12.3 Å². The summed E-state index contributed by atoms with van der Waals surface area (Å²) in [6.07, 6.45) is 3.47. The molecule has 4 nitrogen and oxygen atoms in total. The van der Waals surface area contributed by atoms with Crippen LogP contribution in [0.2, 0.25) is 5.02 Å². The first kappa shape index (κ1) is 12.2. The second kappa shape index (κ2) is 4.92. The first-order valence-electron chi connectivity index (χ1n) is 5.71. The lowest BCUT2D eigenvalue weighted by Gasteiger charge is -2.31. The summed E-state index contributed by atoms with van der Waals surface area (Å²) in [5, 5.41) is 9.94. The van der Waals surface area contributed by atoms with Gasteiger partial charge in [0.25, 0.3) is 5.91 Å². The Morgan fingerprint density at radius 3 is 3.12 bits per heavy atom. The molecular formula is C12H15ClN2O2. The number of likely N-dealkylation sites (tertiary alicyclic amines) is 1. The van der Waals surface area contributed by atoms with E-state index in [1.165, 1.54) is 12.3 Å². The summed E-state index contributed by atoms with van der Waals surface area (Å²) in [7, 11) is 0. The van der Waals surface area contributed by atoms with E-state index in [2.05, 4.69) is 11.9 Å². The van der Waals surface area contributed by atoms with Crippen molar-refractivity contribution in [1.82, 2.24) is 9.88 Å². The number of aromatic hydroxyl groups is 1. The van der Waals surface area contributed by atoms with Gasteiger partial charge in [-0.2, -0.15) is 0 Å². The van der Waals surface area contributed by atoms with Gasteiger partial charge in [-0.25, -0.2) is 4.98 Å². The van der Waals surface area contributed by atoms with E-state index in [-0.39, 0.29) is 17.4 Å². The van der Waals surface area contributed by atoms with Crippen molar-refractivity contribution in [3.05, 3.63) is 22.8 Å². The van der Waals surface area contributed by atoms with Crippen molar-refractivity contribution in [2.45, 2.75) is 19.8 Å².